The summed E-state index contributed by atoms with van der Waals surface area (Å²) in [6.07, 6.45) is 0. The van der Waals surface area contributed by atoms with Gasteiger partial charge in [-0.3, -0.25) is 4.79 Å². The van der Waals surface area contributed by atoms with Crippen molar-refractivity contribution in [2.45, 2.75) is 19.9 Å². The first-order valence-corrected chi connectivity index (χ1v) is 7.86. The Morgan fingerprint density at radius 2 is 2.19 bits per heavy atom. The number of nitrogens with zero attached hydrogens (tertiary/aromatic N) is 1. The number of benzene rings is 1. The van der Waals surface area contributed by atoms with Gasteiger partial charge in [0, 0.05) is 24.0 Å². The molecule has 1 unspecified atom stereocenters. The molecule has 1 amide bonds. The molecule has 1 aromatic heterocycles. The molecular formula is C16H21N3OS. The van der Waals surface area contributed by atoms with Crippen molar-refractivity contribution in [2.75, 3.05) is 24.2 Å². The maximum Gasteiger partial charge on any atom is 0.251 e. The highest BCUT2D eigenvalue weighted by Gasteiger charge is 2.17. The standard InChI is InChI=1S/C16H21N3OS/c1-4-18-16(20)12-7-8-13(17)14(10-12)19(3)11(2)15-6-5-9-21-15/h5-11H,4,17H2,1-3H3,(H,18,20). The molecular weight excluding hydrogens is 282 g/mol. The Kier molecular flexibility index (Phi) is 4.85. The van der Waals surface area contributed by atoms with E-state index >= 15 is 0 Å². The molecule has 0 saturated carbocycles. The highest BCUT2D eigenvalue weighted by molar-refractivity contribution is 7.10. The van der Waals surface area contributed by atoms with E-state index in [1.807, 2.05) is 26.1 Å². The number of carbonyl (C=O) groups excluding carboxylic acids is 1. The first-order valence-electron chi connectivity index (χ1n) is 6.98. The van der Waals surface area contributed by atoms with Crippen LogP contribution in [0.3, 0.4) is 0 Å². The van der Waals surface area contributed by atoms with Gasteiger partial charge in [-0.2, -0.15) is 0 Å². The number of thiophene rings is 1. The summed E-state index contributed by atoms with van der Waals surface area (Å²) in [6.45, 7) is 4.64. The summed E-state index contributed by atoms with van der Waals surface area (Å²) >= 11 is 1.72. The van der Waals surface area contributed by atoms with Crippen LogP contribution in [0.15, 0.2) is 35.7 Å². The Balaban J connectivity index is 2.29. The summed E-state index contributed by atoms with van der Waals surface area (Å²) in [7, 11) is 2.00. The lowest BCUT2D eigenvalue weighted by molar-refractivity contribution is 0.0956. The zero-order valence-corrected chi connectivity index (χ0v) is 13.4. The number of amides is 1. The molecule has 0 aliphatic carbocycles. The zero-order valence-electron chi connectivity index (χ0n) is 12.6. The Bertz CT molecular complexity index is 610. The summed E-state index contributed by atoms with van der Waals surface area (Å²) in [6, 6.07) is 9.75. The number of nitrogens with one attached hydrogen (secondary N) is 1. The molecule has 2 aromatic rings. The molecule has 3 N–H and O–H groups in total. The van der Waals surface area contributed by atoms with Crippen LogP contribution in [0.25, 0.3) is 0 Å². The molecule has 0 spiro atoms. The van der Waals surface area contributed by atoms with Gasteiger partial charge in [-0.25, -0.2) is 0 Å². The van der Waals surface area contributed by atoms with Crippen LogP contribution >= 0.6 is 11.3 Å². The zero-order chi connectivity index (χ0) is 15.4. The fourth-order valence-electron chi connectivity index (χ4n) is 2.18. The van der Waals surface area contributed by atoms with Crippen molar-refractivity contribution in [1.29, 1.82) is 0 Å². The molecule has 0 saturated heterocycles. The lowest BCUT2D eigenvalue weighted by Crippen LogP contribution is -2.25. The predicted octanol–water partition coefficient (Wildman–Crippen LogP) is 3.28. The van der Waals surface area contributed by atoms with E-state index in [4.69, 9.17) is 5.73 Å². The summed E-state index contributed by atoms with van der Waals surface area (Å²) in [5, 5.41) is 4.87. The van der Waals surface area contributed by atoms with E-state index in [0.29, 0.717) is 17.8 Å². The van der Waals surface area contributed by atoms with Crippen LogP contribution in [0.2, 0.25) is 0 Å². The van der Waals surface area contributed by atoms with Crippen molar-refractivity contribution in [3.63, 3.8) is 0 Å². The summed E-state index contributed by atoms with van der Waals surface area (Å²) < 4.78 is 0. The highest BCUT2D eigenvalue weighted by Crippen LogP contribution is 2.32. The molecule has 1 aromatic carbocycles. The molecule has 0 fully saturated rings. The molecule has 21 heavy (non-hydrogen) atoms. The van der Waals surface area contributed by atoms with Crippen LogP contribution in [0.1, 0.15) is 35.1 Å². The minimum Gasteiger partial charge on any atom is -0.397 e. The lowest BCUT2D eigenvalue weighted by atomic mass is 10.1. The third-order valence-electron chi connectivity index (χ3n) is 3.55. The molecule has 112 valence electrons. The van der Waals surface area contributed by atoms with E-state index in [-0.39, 0.29) is 11.9 Å². The van der Waals surface area contributed by atoms with Crippen molar-refractivity contribution in [1.82, 2.24) is 5.32 Å². The van der Waals surface area contributed by atoms with Gasteiger partial charge in [-0.05, 0) is 43.5 Å². The molecule has 1 atom stereocenters. The second kappa shape index (κ2) is 6.63. The van der Waals surface area contributed by atoms with Crippen LogP contribution in [-0.2, 0) is 0 Å². The van der Waals surface area contributed by atoms with Gasteiger partial charge in [0.05, 0.1) is 17.4 Å². The average molecular weight is 303 g/mol. The number of rotatable bonds is 5. The predicted molar refractivity (Wildman–Crippen MR) is 90.0 cm³/mol. The Morgan fingerprint density at radius 3 is 2.81 bits per heavy atom. The van der Waals surface area contributed by atoms with Gasteiger partial charge in [0.2, 0.25) is 0 Å². The van der Waals surface area contributed by atoms with Gasteiger partial charge >= 0.3 is 0 Å². The van der Waals surface area contributed by atoms with E-state index in [1.54, 1.807) is 23.5 Å². The third kappa shape index (κ3) is 3.36. The van der Waals surface area contributed by atoms with Crippen LogP contribution in [0.4, 0.5) is 11.4 Å². The number of nitrogens with two attached hydrogens (primary N) is 1. The number of anilines is 2. The summed E-state index contributed by atoms with van der Waals surface area (Å²) in [5.74, 6) is -0.0732. The Hall–Kier alpha value is -2.01. The number of carbonyl (C=O) groups is 1. The summed E-state index contributed by atoms with van der Waals surface area (Å²) in [4.78, 5) is 15.3. The van der Waals surface area contributed by atoms with E-state index in [0.717, 1.165) is 5.69 Å². The van der Waals surface area contributed by atoms with Gasteiger partial charge in [-0.15, -0.1) is 11.3 Å². The van der Waals surface area contributed by atoms with Gasteiger partial charge in [-0.1, -0.05) is 6.07 Å². The Labute approximate surface area is 129 Å². The van der Waals surface area contributed by atoms with Crippen molar-refractivity contribution in [3.05, 3.63) is 46.2 Å². The quantitative estimate of drug-likeness (QED) is 0.833. The van der Waals surface area contributed by atoms with Crippen LogP contribution in [0, 0.1) is 0 Å². The number of hydrogen-bond acceptors (Lipinski definition) is 4. The van der Waals surface area contributed by atoms with Crippen LogP contribution < -0.4 is 16.0 Å². The van der Waals surface area contributed by atoms with Gasteiger partial charge in [0.25, 0.3) is 5.91 Å². The number of nitrogen functional groups attached to an aromatic ring is 1. The van der Waals surface area contributed by atoms with Gasteiger partial charge in [0.15, 0.2) is 0 Å². The van der Waals surface area contributed by atoms with E-state index in [2.05, 4.69) is 28.6 Å². The SMILES string of the molecule is CCNC(=O)c1ccc(N)c(N(C)C(C)c2cccs2)c1. The lowest BCUT2D eigenvalue weighted by Gasteiger charge is -2.28. The maximum absolute atomic E-state index is 12.0. The molecule has 0 bridgehead atoms. The average Bonchev–Trinajstić information content (AvgIpc) is 3.00. The van der Waals surface area contributed by atoms with Crippen molar-refractivity contribution in [2.24, 2.45) is 0 Å². The van der Waals surface area contributed by atoms with Crippen molar-refractivity contribution < 1.29 is 4.79 Å². The van der Waals surface area contributed by atoms with Gasteiger partial charge < -0.3 is 16.0 Å². The Morgan fingerprint density at radius 1 is 1.43 bits per heavy atom. The summed E-state index contributed by atoms with van der Waals surface area (Å²) in [5.41, 5.74) is 8.27. The molecule has 0 radical (unpaired) electrons. The largest absolute Gasteiger partial charge is 0.397 e. The normalized spacial score (nSPS) is 12.0. The minimum atomic E-state index is -0.0732. The smallest absolute Gasteiger partial charge is 0.251 e. The fraction of sp³-hybridized carbons (Fsp3) is 0.312. The molecule has 2 rings (SSSR count). The van der Waals surface area contributed by atoms with Crippen LogP contribution in [-0.4, -0.2) is 19.5 Å². The molecule has 5 heteroatoms. The van der Waals surface area contributed by atoms with Crippen molar-refractivity contribution >= 4 is 28.6 Å². The second-order valence-corrected chi connectivity index (χ2v) is 5.91. The van der Waals surface area contributed by atoms with Crippen molar-refractivity contribution in [3.8, 4) is 0 Å². The van der Waals surface area contributed by atoms with E-state index in [1.165, 1.54) is 4.88 Å². The topological polar surface area (TPSA) is 58.4 Å². The van der Waals surface area contributed by atoms with Gasteiger partial charge in [0.1, 0.15) is 0 Å². The number of hydrogen-bond donors (Lipinski definition) is 2. The first-order chi connectivity index (χ1) is 10.0. The van der Waals surface area contributed by atoms with E-state index in [9.17, 15) is 4.79 Å². The molecule has 0 aliphatic heterocycles. The maximum atomic E-state index is 12.0. The first kappa shape index (κ1) is 15.4. The van der Waals surface area contributed by atoms with Crippen LogP contribution in [0.5, 0.6) is 0 Å². The fourth-order valence-corrected chi connectivity index (χ4v) is 3.01. The molecule has 0 aliphatic rings. The monoisotopic (exact) mass is 303 g/mol. The molecule has 4 nitrogen and oxygen atoms in total. The highest BCUT2D eigenvalue weighted by atomic mass is 32.1. The second-order valence-electron chi connectivity index (χ2n) is 4.94. The molecule has 1 heterocycles. The third-order valence-corrected chi connectivity index (χ3v) is 4.59. The minimum absolute atomic E-state index is 0.0732. The van der Waals surface area contributed by atoms with E-state index < -0.39 is 0 Å².